The molecular formula is C15H15N3O3. The molecular weight excluding hydrogens is 270 g/mol. The largest absolute Gasteiger partial charge is 0.508 e. The van der Waals surface area contributed by atoms with E-state index >= 15 is 0 Å². The lowest BCUT2D eigenvalue weighted by molar-refractivity contribution is 0.395. The molecule has 1 N–H and O–H groups in total. The standard InChI is InChI=1S/C15H15N3O3/c1-8(2)14-16-12-7-10(19)4-5-11(12)15(20)18(14)13-6-9(3)17-21-13/h4-8,19H,1-3H3. The zero-order chi connectivity index (χ0) is 15.1. The molecule has 3 aromatic rings. The number of hydrogen-bond donors (Lipinski definition) is 1. The Morgan fingerprint density at radius 3 is 2.67 bits per heavy atom. The maximum absolute atomic E-state index is 12.7. The molecule has 0 saturated heterocycles. The van der Waals surface area contributed by atoms with Gasteiger partial charge in [0.2, 0.25) is 5.88 Å². The molecule has 108 valence electrons. The van der Waals surface area contributed by atoms with Crippen LogP contribution in [-0.4, -0.2) is 19.8 Å². The number of benzene rings is 1. The number of phenolic OH excluding ortho intramolecular Hbond substituents is 1. The maximum Gasteiger partial charge on any atom is 0.268 e. The molecule has 0 saturated carbocycles. The van der Waals surface area contributed by atoms with E-state index in [1.165, 1.54) is 16.7 Å². The Bertz CT molecular complexity index is 877. The average molecular weight is 285 g/mol. The molecule has 0 radical (unpaired) electrons. The summed E-state index contributed by atoms with van der Waals surface area (Å²) >= 11 is 0. The summed E-state index contributed by atoms with van der Waals surface area (Å²) in [6, 6.07) is 6.21. The Kier molecular flexibility index (Phi) is 3.01. The normalized spacial score (nSPS) is 11.4. The lowest BCUT2D eigenvalue weighted by atomic mass is 10.1. The van der Waals surface area contributed by atoms with E-state index in [0.717, 1.165) is 0 Å². The van der Waals surface area contributed by atoms with E-state index in [-0.39, 0.29) is 17.2 Å². The minimum Gasteiger partial charge on any atom is -0.508 e. The van der Waals surface area contributed by atoms with E-state index in [2.05, 4.69) is 10.1 Å². The molecule has 0 atom stereocenters. The van der Waals surface area contributed by atoms with Gasteiger partial charge < -0.3 is 9.63 Å². The number of aromatic nitrogens is 3. The highest BCUT2D eigenvalue weighted by Crippen LogP contribution is 2.21. The van der Waals surface area contributed by atoms with Crippen molar-refractivity contribution in [3.05, 3.63) is 46.1 Å². The number of hydrogen-bond acceptors (Lipinski definition) is 5. The summed E-state index contributed by atoms with van der Waals surface area (Å²) in [5.74, 6) is 1.00. The average Bonchev–Trinajstić information content (AvgIpc) is 2.84. The number of aromatic hydroxyl groups is 1. The summed E-state index contributed by atoms with van der Waals surface area (Å²) in [6.07, 6.45) is 0. The molecule has 0 aliphatic heterocycles. The number of fused-ring (bicyclic) bond motifs is 1. The lowest BCUT2D eigenvalue weighted by Crippen LogP contribution is -2.24. The number of nitrogens with zero attached hydrogens (tertiary/aromatic N) is 3. The first kappa shape index (κ1) is 13.4. The van der Waals surface area contributed by atoms with Crippen LogP contribution in [0.15, 0.2) is 33.6 Å². The lowest BCUT2D eigenvalue weighted by Gasteiger charge is -2.13. The first-order valence-electron chi connectivity index (χ1n) is 6.66. The van der Waals surface area contributed by atoms with Crippen LogP contribution in [0.2, 0.25) is 0 Å². The summed E-state index contributed by atoms with van der Waals surface area (Å²) in [7, 11) is 0. The van der Waals surface area contributed by atoms with Crippen molar-refractivity contribution < 1.29 is 9.63 Å². The fraction of sp³-hybridized carbons (Fsp3) is 0.267. The topological polar surface area (TPSA) is 81.1 Å². The van der Waals surface area contributed by atoms with Crippen LogP contribution in [0.4, 0.5) is 0 Å². The van der Waals surface area contributed by atoms with Gasteiger partial charge in [-0.2, -0.15) is 0 Å². The Balaban J connectivity index is 2.41. The van der Waals surface area contributed by atoms with E-state index in [9.17, 15) is 9.90 Å². The van der Waals surface area contributed by atoms with Crippen LogP contribution < -0.4 is 5.56 Å². The van der Waals surface area contributed by atoms with E-state index < -0.39 is 0 Å². The number of phenols is 1. The van der Waals surface area contributed by atoms with Gasteiger partial charge in [-0.25, -0.2) is 9.55 Å². The third kappa shape index (κ3) is 2.18. The van der Waals surface area contributed by atoms with Crippen LogP contribution in [0.5, 0.6) is 5.75 Å². The van der Waals surface area contributed by atoms with Gasteiger partial charge in [0.1, 0.15) is 11.6 Å². The van der Waals surface area contributed by atoms with E-state index in [4.69, 9.17) is 4.52 Å². The van der Waals surface area contributed by atoms with Gasteiger partial charge in [0.05, 0.1) is 16.6 Å². The van der Waals surface area contributed by atoms with Crippen molar-refractivity contribution in [3.63, 3.8) is 0 Å². The first-order chi connectivity index (χ1) is 9.97. The van der Waals surface area contributed by atoms with E-state index in [1.807, 2.05) is 13.8 Å². The van der Waals surface area contributed by atoms with Crippen molar-refractivity contribution in [3.8, 4) is 11.6 Å². The highest BCUT2D eigenvalue weighted by molar-refractivity contribution is 5.79. The second-order valence-corrected chi connectivity index (χ2v) is 5.27. The minimum absolute atomic E-state index is 0.00913. The molecule has 21 heavy (non-hydrogen) atoms. The molecule has 1 aromatic carbocycles. The molecule has 0 fully saturated rings. The van der Waals surface area contributed by atoms with Gasteiger partial charge in [0.15, 0.2) is 0 Å². The zero-order valence-corrected chi connectivity index (χ0v) is 12.0. The van der Waals surface area contributed by atoms with Gasteiger partial charge in [0.25, 0.3) is 5.56 Å². The number of aryl methyl sites for hydroxylation is 1. The smallest absolute Gasteiger partial charge is 0.268 e. The molecule has 0 unspecified atom stereocenters. The Morgan fingerprint density at radius 2 is 2.05 bits per heavy atom. The highest BCUT2D eigenvalue weighted by Gasteiger charge is 2.18. The van der Waals surface area contributed by atoms with Gasteiger partial charge in [-0.15, -0.1) is 0 Å². The first-order valence-corrected chi connectivity index (χ1v) is 6.66. The molecule has 3 rings (SSSR count). The van der Waals surface area contributed by atoms with Crippen LogP contribution in [0.1, 0.15) is 31.3 Å². The molecule has 0 aliphatic rings. The third-order valence-corrected chi connectivity index (χ3v) is 3.23. The molecule has 0 amide bonds. The van der Waals surface area contributed by atoms with Gasteiger partial charge in [-0.1, -0.05) is 19.0 Å². The van der Waals surface area contributed by atoms with E-state index in [0.29, 0.717) is 28.3 Å². The Morgan fingerprint density at radius 1 is 1.29 bits per heavy atom. The van der Waals surface area contributed by atoms with Crippen molar-refractivity contribution in [1.29, 1.82) is 0 Å². The zero-order valence-electron chi connectivity index (χ0n) is 12.0. The van der Waals surface area contributed by atoms with Gasteiger partial charge in [-0.05, 0) is 19.1 Å². The van der Waals surface area contributed by atoms with Crippen molar-refractivity contribution in [1.82, 2.24) is 14.7 Å². The molecule has 6 nitrogen and oxygen atoms in total. The summed E-state index contributed by atoms with van der Waals surface area (Å²) in [4.78, 5) is 17.2. The Hall–Kier alpha value is -2.63. The van der Waals surface area contributed by atoms with Gasteiger partial charge in [-0.3, -0.25) is 4.79 Å². The Labute approximate surface area is 120 Å². The molecule has 0 spiro atoms. The quantitative estimate of drug-likeness (QED) is 0.782. The van der Waals surface area contributed by atoms with Crippen LogP contribution in [0, 0.1) is 6.92 Å². The van der Waals surface area contributed by atoms with Crippen molar-refractivity contribution in [2.24, 2.45) is 0 Å². The number of rotatable bonds is 2. The SMILES string of the molecule is Cc1cc(-n2c(C(C)C)nc3cc(O)ccc3c2=O)on1. The highest BCUT2D eigenvalue weighted by atomic mass is 16.5. The maximum atomic E-state index is 12.7. The van der Waals surface area contributed by atoms with Crippen LogP contribution in [0.25, 0.3) is 16.8 Å². The van der Waals surface area contributed by atoms with Crippen LogP contribution >= 0.6 is 0 Å². The van der Waals surface area contributed by atoms with Gasteiger partial charge in [0, 0.05) is 18.1 Å². The molecule has 2 heterocycles. The molecule has 0 aliphatic carbocycles. The third-order valence-electron chi connectivity index (χ3n) is 3.23. The summed E-state index contributed by atoms with van der Waals surface area (Å²) in [5, 5.41) is 13.8. The predicted molar refractivity (Wildman–Crippen MR) is 77.9 cm³/mol. The van der Waals surface area contributed by atoms with Crippen molar-refractivity contribution in [2.75, 3.05) is 0 Å². The van der Waals surface area contributed by atoms with Crippen molar-refractivity contribution in [2.45, 2.75) is 26.7 Å². The molecule has 0 bridgehead atoms. The predicted octanol–water partition coefficient (Wildman–Crippen LogP) is 2.51. The minimum atomic E-state index is -0.236. The van der Waals surface area contributed by atoms with Gasteiger partial charge >= 0.3 is 0 Å². The summed E-state index contributed by atoms with van der Waals surface area (Å²) in [6.45, 7) is 5.67. The van der Waals surface area contributed by atoms with Crippen LogP contribution in [-0.2, 0) is 0 Å². The molecule has 6 heteroatoms. The summed E-state index contributed by atoms with van der Waals surface area (Å²) in [5.41, 5.74) is 0.924. The van der Waals surface area contributed by atoms with Crippen LogP contribution in [0.3, 0.4) is 0 Å². The second kappa shape index (κ2) is 4.73. The monoisotopic (exact) mass is 285 g/mol. The fourth-order valence-corrected chi connectivity index (χ4v) is 2.25. The van der Waals surface area contributed by atoms with E-state index in [1.54, 1.807) is 19.1 Å². The fourth-order valence-electron chi connectivity index (χ4n) is 2.25. The summed E-state index contributed by atoms with van der Waals surface area (Å²) < 4.78 is 6.65. The molecule has 2 aromatic heterocycles. The second-order valence-electron chi connectivity index (χ2n) is 5.27. The van der Waals surface area contributed by atoms with Crippen molar-refractivity contribution >= 4 is 10.9 Å².